The quantitative estimate of drug-likeness (QED) is 0.333. The van der Waals surface area contributed by atoms with Crippen LogP contribution in [0.4, 0.5) is 0 Å². The lowest BCUT2D eigenvalue weighted by Gasteiger charge is -2.21. The van der Waals surface area contributed by atoms with Gasteiger partial charge < -0.3 is 19.7 Å². The SMILES string of the molecule is C=CCOCCOC(=O)C(C)(CO)CO. The van der Waals surface area contributed by atoms with Crippen molar-refractivity contribution in [2.24, 2.45) is 5.41 Å². The van der Waals surface area contributed by atoms with E-state index in [2.05, 4.69) is 6.58 Å². The Bertz CT molecular complexity index is 198. The standard InChI is InChI=1S/C10H18O5/c1-3-4-14-5-6-15-9(13)10(2,7-11)8-12/h3,11-12H,1,4-8H2,2H3. The minimum atomic E-state index is -1.24. The van der Waals surface area contributed by atoms with Crippen molar-refractivity contribution in [2.75, 3.05) is 33.0 Å². The van der Waals surface area contributed by atoms with Gasteiger partial charge in [0.15, 0.2) is 0 Å². The third-order valence-electron chi connectivity index (χ3n) is 1.89. The molecule has 0 unspecified atom stereocenters. The van der Waals surface area contributed by atoms with E-state index in [4.69, 9.17) is 19.7 Å². The minimum Gasteiger partial charge on any atom is -0.463 e. The average Bonchev–Trinajstić information content (AvgIpc) is 2.27. The summed E-state index contributed by atoms with van der Waals surface area (Å²) in [6.07, 6.45) is 1.59. The summed E-state index contributed by atoms with van der Waals surface area (Å²) >= 11 is 0. The zero-order valence-corrected chi connectivity index (χ0v) is 8.94. The Morgan fingerprint density at radius 3 is 2.47 bits per heavy atom. The van der Waals surface area contributed by atoms with E-state index < -0.39 is 24.6 Å². The number of aliphatic hydroxyl groups excluding tert-OH is 2. The molecule has 0 aliphatic rings. The predicted molar refractivity (Wildman–Crippen MR) is 54.3 cm³/mol. The molecule has 0 atom stereocenters. The molecular weight excluding hydrogens is 200 g/mol. The molecule has 0 aromatic carbocycles. The lowest BCUT2D eigenvalue weighted by Crippen LogP contribution is -2.37. The molecule has 0 aromatic heterocycles. The average molecular weight is 218 g/mol. The normalized spacial score (nSPS) is 11.1. The predicted octanol–water partition coefficient (Wildman–Crippen LogP) is -0.277. The van der Waals surface area contributed by atoms with Crippen LogP contribution in [0.25, 0.3) is 0 Å². The smallest absolute Gasteiger partial charge is 0.316 e. The van der Waals surface area contributed by atoms with Crippen LogP contribution in [-0.2, 0) is 14.3 Å². The maximum atomic E-state index is 11.3. The second-order valence-corrected chi connectivity index (χ2v) is 3.38. The molecule has 5 nitrogen and oxygen atoms in total. The molecule has 0 aliphatic heterocycles. The van der Waals surface area contributed by atoms with E-state index >= 15 is 0 Å². The molecule has 2 N–H and O–H groups in total. The van der Waals surface area contributed by atoms with Gasteiger partial charge in [0.25, 0.3) is 0 Å². The summed E-state index contributed by atoms with van der Waals surface area (Å²) in [5, 5.41) is 17.8. The Morgan fingerprint density at radius 2 is 2.00 bits per heavy atom. The van der Waals surface area contributed by atoms with E-state index in [0.29, 0.717) is 6.61 Å². The number of rotatable bonds is 8. The van der Waals surface area contributed by atoms with Crippen LogP contribution < -0.4 is 0 Å². The van der Waals surface area contributed by atoms with Crippen molar-refractivity contribution in [2.45, 2.75) is 6.92 Å². The lowest BCUT2D eigenvalue weighted by atomic mass is 9.93. The summed E-state index contributed by atoms with van der Waals surface area (Å²) in [5.41, 5.74) is -1.24. The van der Waals surface area contributed by atoms with Crippen molar-refractivity contribution < 1.29 is 24.5 Å². The fraction of sp³-hybridized carbons (Fsp3) is 0.700. The number of aliphatic hydroxyl groups is 2. The van der Waals surface area contributed by atoms with Gasteiger partial charge in [0.2, 0.25) is 0 Å². The summed E-state index contributed by atoms with van der Waals surface area (Å²) in [7, 11) is 0. The van der Waals surface area contributed by atoms with Crippen LogP contribution in [0.15, 0.2) is 12.7 Å². The molecule has 88 valence electrons. The highest BCUT2D eigenvalue weighted by atomic mass is 16.6. The van der Waals surface area contributed by atoms with E-state index in [1.54, 1.807) is 6.08 Å². The van der Waals surface area contributed by atoms with Crippen LogP contribution in [0.2, 0.25) is 0 Å². The highest BCUT2D eigenvalue weighted by molar-refractivity contribution is 5.76. The maximum Gasteiger partial charge on any atom is 0.316 e. The van der Waals surface area contributed by atoms with Gasteiger partial charge in [0.05, 0.1) is 26.4 Å². The first-order valence-corrected chi connectivity index (χ1v) is 4.68. The molecule has 0 amide bonds. The van der Waals surface area contributed by atoms with Gasteiger partial charge in [0.1, 0.15) is 12.0 Å². The van der Waals surface area contributed by atoms with Gasteiger partial charge in [-0.2, -0.15) is 0 Å². The first-order valence-electron chi connectivity index (χ1n) is 4.68. The molecule has 0 radical (unpaired) electrons. The molecule has 0 aromatic rings. The Balaban J connectivity index is 3.77. The number of carbonyl (C=O) groups is 1. The molecule has 0 aliphatic carbocycles. The summed E-state index contributed by atoms with van der Waals surface area (Å²) in [5.74, 6) is -0.630. The fourth-order valence-corrected chi connectivity index (χ4v) is 0.713. The Morgan fingerprint density at radius 1 is 1.40 bits per heavy atom. The minimum absolute atomic E-state index is 0.0995. The molecule has 0 heterocycles. The molecule has 5 heteroatoms. The van der Waals surface area contributed by atoms with Crippen molar-refractivity contribution in [3.8, 4) is 0 Å². The van der Waals surface area contributed by atoms with E-state index in [-0.39, 0.29) is 13.2 Å². The first kappa shape index (κ1) is 14.1. The highest BCUT2D eigenvalue weighted by Crippen LogP contribution is 2.16. The number of hydrogen-bond acceptors (Lipinski definition) is 5. The van der Waals surface area contributed by atoms with Crippen molar-refractivity contribution in [1.82, 2.24) is 0 Å². The van der Waals surface area contributed by atoms with Gasteiger partial charge in [-0.05, 0) is 6.92 Å². The van der Waals surface area contributed by atoms with Crippen molar-refractivity contribution in [1.29, 1.82) is 0 Å². The summed E-state index contributed by atoms with van der Waals surface area (Å²) in [4.78, 5) is 11.3. The van der Waals surface area contributed by atoms with Crippen LogP contribution >= 0.6 is 0 Å². The van der Waals surface area contributed by atoms with Crippen LogP contribution in [0.1, 0.15) is 6.92 Å². The molecule has 15 heavy (non-hydrogen) atoms. The van der Waals surface area contributed by atoms with Crippen molar-refractivity contribution >= 4 is 5.97 Å². The van der Waals surface area contributed by atoms with Gasteiger partial charge in [-0.3, -0.25) is 4.79 Å². The van der Waals surface area contributed by atoms with Crippen molar-refractivity contribution in [3.05, 3.63) is 12.7 Å². The molecule has 0 bridgehead atoms. The molecular formula is C10H18O5. The monoisotopic (exact) mass is 218 g/mol. The van der Waals surface area contributed by atoms with Gasteiger partial charge in [-0.25, -0.2) is 0 Å². The summed E-state index contributed by atoms with van der Waals surface area (Å²) < 4.78 is 9.81. The zero-order valence-electron chi connectivity index (χ0n) is 8.94. The van der Waals surface area contributed by atoms with Crippen LogP contribution in [0.5, 0.6) is 0 Å². The third-order valence-corrected chi connectivity index (χ3v) is 1.89. The molecule has 0 saturated heterocycles. The molecule has 0 rings (SSSR count). The van der Waals surface area contributed by atoms with Gasteiger partial charge >= 0.3 is 5.97 Å². The Labute approximate surface area is 89.3 Å². The van der Waals surface area contributed by atoms with Crippen LogP contribution in [0, 0.1) is 5.41 Å². The van der Waals surface area contributed by atoms with Crippen LogP contribution in [-0.4, -0.2) is 49.2 Å². The van der Waals surface area contributed by atoms with E-state index in [1.165, 1.54) is 6.92 Å². The van der Waals surface area contributed by atoms with Gasteiger partial charge in [-0.15, -0.1) is 6.58 Å². The molecule has 0 fully saturated rings. The lowest BCUT2D eigenvalue weighted by molar-refractivity contribution is -0.161. The highest BCUT2D eigenvalue weighted by Gasteiger charge is 2.33. The number of carbonyl (C=O) groups excluding carboxylic acids is 1. The zero-order chi connectivity index (χ0) is 11.7. The van der Waals surface area contributed by atoms with Gasteiger partial charge in [0, 0.05) is 0 Å². The number of hydrogen-bond donors (Lipinski definition) is 2. The van der Waals surface area contributed by atoms with E-state index in [1.807, 2.05) is 0 Å². The van der Waals surface area contributed by atoms with Crippen LogP contribution in [0.3, 0.4) is 0 Å². The maximum absolute atomic E-state index is 11.3. The Kier molecular flexibility index (Phi) is 6.94. The molecule has 0 saturated carbocycles. The van der Waals surface area contributed by atoms with Gasteiger partial charge in [-0.1, -0.05) is 6.08 Å². The fourth-order valence-electron chi connectivity index (χ4n) is 0.713. The summed E-state index contributed by atoms with van der Waals surface area (Å²) in [6.45, 7) is 4.76. The Hall–Kier alpha value is -0.910. The first-order chi connectivity index (χ1) is 7.10. The second-order valence-electron chi connectivity index (χ2n) is 3.38. The topological polar surface area (TPSA) is 76.0 Å². The van der Waals surface area contributed by atoms with E-state index in [9.17, 15) is 4.79 Å². The largest absolute Gasteiger partial charge is 0.463 e. The third kappa shape index (κ3) is 4.92. The second kappa shape index (κ2) is 7.39. The summed E-state index contributed by atoms with van der Waals surface area (Å²) in [6, 6.07) is 0. The van der Waals surface area contributed by atoms with E-state index in [0.717, 1.165) is 0 Å². The number of ether oxygens (including phenoxy) is 2. The number of esters is 1. The molecule has 0 spiro atoms. The van der Waals surface area contributed by atoms with Crippen molar-refractivity contribution in [3.63, 3.8) is 0 Å².